The van der Waals surface area contributed by atoms with Crippen LogP contribution in [0.2, 0.25) is 0 Å². The Morgan fingerprint density at radius 2 is 1.70 bits per heavy atom. The Kier molecular flexibility index (Phi) is 10.1. The molecule has 14 heteroatoms. The first kappa shape index (κ1) is 29.6. The molecule has 40 heavy (non-hydrogen) atoms. The second kappa shape index (κ2) is 13.7. The minimum atomic E-state index is -1.31. The smallest absolute Gasteiger partial charge is 0.311 e. The van der Waals surface area contributed by atoms with Crippen LogP contribution in [0.5, 0.6) is 5.75 Å². The van der Waals surface area contributed by atoms with Crippen molar-refractivity contribution in [2.45, 2.75) is 20.4 Å². The molecule has 0 aromatic heterocycles. The first-order valence-corrected chi connectivity index (χ1v) is 12.0. The maximum absolute atomic E-state index is 14.2. The fourth-order valence-corrected chi connectivity index (χ4v) is 3.76. The summed E-state index contributed by atoms with van der Waals surface area (Å²) in [6, 6.07) is 13.8. The average Bonchev–Trinajstić information content (AvgIpc) is 2.91. The van der Waals surface area contributed by atoms with E-state index in [9.17, 15) is 29.4 Å². The summed E-state index contributed by atoms with van der Waals surface area (Å²) < 4.78 is 25.4. The van der Waals surface area contributed by atoms with E-state index in [4.69, 9.17) is 9.47 Å². The molecule has 0 aliphatic rings. The van der Waals surface area contributed by atoms with E-state index in [0.29, 0.717) is 49.9 Å². The lowest BCUT2D eigenvalue weighted by atomic mass is 10.1. The monoisotopic (exact) mass is 554 g/mol. The second-order valence-corrected chi connectivity index (χ2v) is 8.33. The number of ether oxygens (including phenoxy) is 2. The summed E-state index contributed by atoms with van der Waals surface area (Å²) in [6.07, 6.45) is 0. The quantitative estimate of drug-likeness (QED) is 0.115. The molecule has 1 N–H and O–H groups in total. The number of hydrogen-bond donors (Lipinski definition) is 1. The van der Waals surface area contributed by atoms with Gasteiger partial charge >= 0.3 is 11.4 Å². The summed E-state index contributed by atoms with van der Waals surface area (Å²) in [6.45, 7) is 5.09. The molecule has 0 saturated heterocycles. The molecule has 3 aromatic carbocycles. The number of nitro benzene ring substituents is 2. The number of anilines is 2. The van der Waals surface area contributed by atoms with Crippen LogP contribution in [0, 0.1) is 26.0 Å². The molecule has 0 fully saturated rings. The first-order chi connectivity index (χ1) is 19.1. The van der Waals surface area contributed by atoms with Gasteiger partial charge in [0.1, 0.15) is 11.4 Å². The summed E-state index contributed by atoms with van der Waals surface area (Å²) in [5, 5.41) is 32.9. The highest BCUT2D eigenvalue weighted by atomic mass is 19.1. The standard InChI is InChI=1S/C26H27FN6O7/c1-4-40-11-10-31(16-18-8-6-5-7-9-18)25-13-20(28-17(2)34)21(14-26(25)39-3)29-30-22-12-19(27)23(32(35)36)15-24(22)33(37)38/h5-9,12-15H,4,10-11,16H2,1-3H3,(H,28,34). The Hall–Kier alpha value is -4.98. The zero-order chi connectivity index (χ0) is 29.2. The van der Waals surface area contributed by atoms with E-state index in [-0.39, 0.29) is 11.4 Å². The van der Waals surface area contributed by atoms with Gasteiger partial charge in [-0.15, -0.1) is 10.2 Å². The molecule has 13 nitrogen and oxygen atoms in total. The number of rotatable bonds is 13. The van der Waals surface area contributed by atoms with E-state index < -0.39 is 38.6 Å². The molecular formula is C26H27FN6O7. The maximum atomic E-state index is 14.2. The number of azo groups is 1. The van der Waals surface area contributed by atoms with Gasteiger partial charge in [-0.1, -0.05) is 30.3 Å². The summed E-state index contributed by atoms with van der Waals surface area (Å²) in [7, 11) is 1.44. The van der Waals surface area contributed by atoms with Crippen LogP contribution in [0.15, 0.2) is 64.8 Å². The van der Waals surface area contributed by atoms with Crippen molar-refractivity contribution >= 4 is 40.0 Å². The van der Waals surface area contributed by atoms with Crippen LogP contribution in [0.3, 0.4) is 0 Å². The number of methoxy groups -OCH3 is 1. The predicted octanol–water partition coefficient (Wildman–Crippen LogP) is 6.07. The third-order valence-electron chi connectivity index (χ3n) is 5.58. The molecule has 3 aromatic rings. The Balaban J connectivity index is 2.10. The van der Waals surface area contributed by atoms with E-state index in [1.54, 1.807) is 6.07 Å². The second-order valence-electron chi connectivity index (χ2n) is 8.33. The van der Waals surface area contributed by atoms with Gasteiger partial charge in [0.05, 0.1) is 41.0 Å². The summed E-state index contributed by atoms with van der Waals surface area (Å²) >= 11 is 0. The first-order valence-electron chi connectivity index (χ1n) is 12.0. The highest BCUT2D eigenvalue weighted by Crippen LogP contribution is 2.41. The predicted molar refractivity (Wildman–Crippen MR) is 145 cm³/mol. The van der Waals surface area contributed by atoms with Crippen molar-refractivity contribution in [3.8, 4) is 5.75 Å². The van der Waals surface area contributed by atoms with Gasteiger partial charge in [0.2, 0.25) is 11.7 Å². The normalized spacial score (nSPS) is 10.9. The van der Waals surface area contributed by atoms with Crippen LogP contribution >= 0.6 is 0 Å². The highest BCUT2D eigenvalue weighted by Gasteiger charge is 2.25. The molecule has 0 aliphatic carbocycles. The van der Waals surface area contributed by atoms with Crippen LogP contribution < -0.4 is 15.0 Å². The number of amides is 1. The maximum Gasteiger partial charge on any atom is 0.311 e. The topological polar surface area (TPSA) is 162 Å². The molecule has 210 valence electrons. The van der Waals surface area contributed by atoms with E-state index in [1.165, 1.54) is 20.1 Å². The van der Waals surface area contributed by atoms with E-state index in [1.807, 2.05) is 42.2 Å². The van der Waals surface area contributed by atoms with Crippen LogP contribution in [-0.4, -0.2) is 42.6 Å². The zero-order valence-electron chi connectivity index (χ0n) is 22.0. The molecule has 0 atom stereocenters. The van der Waals surface area contributed by atoms with Crippen LogP contribution in [0.1, 0.15) is 19.4 Å². The zero-order valence-corrected chi connectivity index (χ0v) is 22.0. The average molecular weight is 555 g/mol. The fraction of sp³-hybridized carbons (Fsp3) is 0.269. The van der Waals surface area contributed by atoms with Gasteiger partial charge in [-0.25, -0.2) is 0 Å². The third-order valence-corrected chi connectivity index (χ3v) is 5.58. The van der Waals surface area contributed by atoms with E-state index >= 15 is 0 Å². The van der Waals surface area contributed by atoms with Gasteiger partial charge in [0.25, 0.3) is 0 Å². The number of carbonyl (C=O) groups excluding carboxylic acids is 1. The van der Waals surface area contributed by atoms with Gasteiger partial charge in [-0.3, -0.25) is 25.0 Å². The SMILES string of the molecule is CCOCCN(Cc1ccccc1)c1cc(NC(C)=O)c(N=Nc2cc(F)c([N+](=O)[O-])cc2[N+](=O)[O-])cc1OC. The summed E-state index contributed by atoms with van der Waals surface area (Å²) in [5.74, 6) is -1.39. The van der Waals surface area contributed by atoms with Crippen molar-refractivity contribution in [3.05, 3.63) is 86.2 Å². The fourth-order valence-electron chi connectivity index (χ4n) is 3.76. The molecule has 0 aliphatic heterocycles. The third kappa shape index (κ3) is 7.54. The molecular weight excluding hydrogens is 527 g/mol. The lowest BCUT2D eigenvalue weighted by Gasteiger charge is -2.27. The highest BCUT2D eigenvalue weighted by molar-refractivity contribution is 5.93. The molecule has 0 saturated carbocycles. The van der Waals surface area contributed by atoms with E-state index in [0.717, 1.165) is 5.56 Å². The molecule has 3 rings (SSSR count). The van der Waals surface area contributed by atoms with Gasteiger partial charge in [-0.2, -0.15) is 4.39 Å². The Bertz CT molecular complexity index is 1420. The minimum Gasteiger partial charge on any atom is -0.494 e. The van der Waals surface area contributed by atoms with Crippen molar-refractivity contribution in [2.75, 3.05) is 37.1 Å². The molecule has 0 radical (unpaired) electrons. The number of hydrogen-bond acceptors (Lipinski definition) is 10. The van der Waals surface area contributed by atoms with Crippen molar-refractivity contribution in [3.63, 3.8) is 0 Å². The number of nitrogens with zero attached hydrogens (tertiary/aromatic N) is 5. The largest absolute Gasteiger partial charge is 0.494 e. The number of carbonyl (C=O) groups is 1. The van der Waals surface area contributed by atoms with Gasteiger partial charge in [-0.05, 0) is 18.6 Å². The molecule has 0 bridgehead atoms. The van der Waals surface area contributed by atoms with Crippen LogP contribution in [0.25, 0.3) is 0 Å². The van der Waals surface area contributed by atoms with Crippen molar-refractivity contribution in [2.24, 2.45) is 10.2 Å². The summed E-state index contributed by atoms with van der Waals surface area (Å²) in [5.41, 5.74) is -0.570. The van der Waals surface area contributed by atoms with Crippen molar-refractivity contribution in [1.82, 2.24) is 0 Å². The lowest BCUT2D eigenvalue weighted by Crippen LogP contribution is -2.27. The van der Waals surface area contributed by atoms with Gasteiger partial charge in [0, 0.05) is 38.8 Å². The van der Waals surface area contributed by atoms with Crippen LogP contribution in [0.4, 0.5) is 38.5 Å². The molecule has 1 amide bonds. The van der Waals surface area contributed by atoms with E-state index in [2.05, 4.69) is 15.5 Å². The van der Waals surface area contributed by atoms with Crippen molar-refractivity contribution < 1.29 is 28.5 Å². The van der Waals surface area contributed by atoms with Crippen LogP contribution in [-0.2, 0) is 16.1 Å². The Labute approximate surface area is 228 Å². The number of nitro groups is 2. The van der Waals surface area contributed by atoms with Gasteiger partial charge < -0.3 is 19.7 Å². The minimum absolute atomic E-state index is 0.0494. The number of benzene rings is 3. The van der Waals surface area contributed by atoms with Gasteiger partial charge in [0.15, 0.2) is 5.69 Å². The number of halogens is 1. The van der Waals surface area contributed by atoms with Crippen molar-refractivity contribution in [1.29, 1.82) is 0 Å². The summed E-state index contributed by atoms with van der Waals surface area (Å²) in [4.78, 5) is 34.5. The Morgan fingerprint density at radius 3 is 2.30 bits per heavy atom. The number of nitrogens with one attached hydrogen (secondary N) is 1. The molecule has 0 spiro atoms. The molecule has 0 heterocycles. The Morgan fingerprint density at radius 1 is 1.02 bits per heavy atom. The molecule has 0 unspecified atom stereocenters. The lowest BCUT2D eigenvalue weighted by molar-refractivity contribution is -0.395.